The molecule has 0 aromatic carbocycles. The molecule has 162 valence electrons. The van der Waals surface area contributed by atoms with Crippen molar-refractivity contribution in [2.24, 2.45) is 0 Å². The number of anilines is 2. The van der Waals surface area contributed by atoms with E-state index in [2.05, 4.69) is 4.98 Å². The summed E-state index contributed by atoms with van der Waals surface area (Å²) in [5, 5.41) is 0. The smallest absolute Gasteiger partial charge is 0.377 e. The summed E-state index contributed by atoms with van der Waals surface area (Å²) in [6, 6.07) is -0.248. The minimum atomic E-state index is -4.40. The lowest BCUT2D eigenvalue weighted by molar-refractivity contribution is -0.154. The van der Waals surface area contributed by atoms with Gasteiger partial charge in [-0.25, -0.2) is 0 Å². The molecule has 1 unspecified atom stereocenters. The number of hydrogen-bond acceptors (Lipinski definition) is 6. The fourth-order valence-corrected chi connectivity index (χ4v) is 4.39. The highest BCUT2D eigenvalue weighted by Gasteiger charge is 2.47. The SMILES string of the molecule is C[C@@H]1COCCN1c1cc(=O)n2c(n1)N(CC1CCCCO1)[C@H](C(F)(F)F)CC2. The average molecular weight is 416 g/mol. The molecule has 0 spiro atoms. The molecule has 0 saturated carbocycles. The molecule has 0 aliphatic carbocycles. The molecule has 1 aromatic heterocycles. The number of alkyl halides is 3. The van der Waals surface area contributed by atoms with Gasteiger partial charge in [0.2, 0.25) is 5.95 Å². The Hall–Kier alpha value is -1.81. The summed E-state index contributed by atoms with van der Waals surface area (Å²) in [7, 11) is 0. The van der Waals surface area contributed by atoms with Gasteiger partial charge < -0.3 is 19.3 Å². The molecule has 0 radical (unpaired) electrons. The summed E-state index contributed by atoms with van der Waals surface area (Å²) in [4.78, 5) is 20.5. The molecule has 4 rings (SSSR count). The fraction of sp³-hybridized carbons (Fsp3) is 0.789. The van der Waals surface area contributed by atoms with Crippen LogP contribution in [0.25, 0.3) is 0 Å². The molecule has 4 heterocycles. The molecule has 0 bridgehead atoms. The molecule has 2 fully saturated rings. The van der Waals surface area contributed by atoms with Crippen LogP contribution in [-0.2, 0) is 16.0 Å². The monoisotopic (exact) mass is 416 g/mol. The first kappa shape index (κ1) is 20.5. The molecule has 2 saturated heterocycles. The predicted octanol–water partition coefficient (Wildman–Crippen LogP) is 2.18. The summed E-state index contributed by atoms with van der Waals surface area (Å²) in [5.41, 5.74) is -0.320. The van der Waals surface area contributed by atoms with Crippen LogP contribution in [0.15, 0.2) is 10.9 Å². The molecule has 1 aromatic rings. The van der Waals surface area contributed by atoms with Crippen molar-refractivity contribution >= 4 is 11.8 Å². The van der Waals surface area contributed by atoms with Crippen LogP contribution in [0.1, 0.15) is 32.6 Å². The van der Waals surface area contributed by atoms with Crippen LogP contribution >= 0.6 is 0 Å². The number of morpholine rings is 1. The topological polar surface area (TPSA) is 59.8 Å². The van der Waals surface area contributed by atoms with Crippen molar-refractivity contribution in [2.75, 3.05) is 42.7 Å². The first-order valence-electron chi connectivity index (χ1n) is 10.3. The highest BCUT2D eigenvalue weighted by atomic mass is 19.4. The second-order valence-electron chi connectivity index (χ2n) is 8.01. The maximum atomic E-state index is 13.8. The van der Waals surface area contributed by atoms with Crippen LogP contribution < -0.4 is 15.4 Å². The van der Waals surface area contributed by atoms with Crippen molar-refractivity contribution in [1.82, 2.24) is 9.55 Å². The maximum Gasteiger partial charge on any atom is 0.408 e. The Morgan fingerprint density at radius 3 is 2.72 bits per heavy atom. The Labute approximate surface area is 167 Å². The lowest BCUT2D eigenvalue weighted by Crippen LogP contribution is -2.55. The van der Waals surface area contributed by atoms with E-state index in [0.717, 1.165) is 12.8 Å². The minimum absolute atomic E-state index is 0.00386. The van der Waals surface area contributed by atoms with Crippen LogP contribution in [-0.4, -0.2) is 66.8 Å². The Kier molecular flexibility index (Phi) is 5.74. The van der Waals surface area contributed by atoms with Gasteiger partial charge in [0.15, 0.2) is 0 Å². The van der Waals surface area contributed by atoms with Gasteiger partial charge in [0.05, 0.1) is 25.4 Å². The van der Waals surface area contributed by atoms with Gasteiger partial charge in [0.25, 0.3) is 5.56 Å². The normalized spacial score (nSPS) is 28.3. The van der Waals surface area contributed by atoms with Crippen LogP contribution in [0.4, 0.5) is 24.9 Å². The van der Waals surface area contributed by atoms with Gasteiger partial charge in [0.1, 0.15) is 11.9 Å². The molecular weight excluding hydrogens is 389 g/mol. The minimum Gasteiger partial charge on any atom is -0.377 e. The van der Waals surface area contributed by atoms with Crippen LogP contribution in [0.3, 0.4) is 0 Å². The Balaban J connectivity index is 1.72. The number of halogens is 3. The Morgan fingerprint density at radius 2 is 2.03 bits per heavy atom. The largest absolute Gasteiger partial charge is 0.408 e. The third kappa shape index (κ3) is 4.23. The van der Waals surface area contributed by atoms with Crippen LogP contribution in [0.2, 0.25) is 0 Å². The van der Waals surface area contributed by atoms with Crippen molar-refractivity contribution in [3.63, 3.8) is 0 Å². The molecule has 0 N–H and O–H groups in total. The molecule has 0 amide bonds. The number of fused-ring (bicyclic) bond motifs is 1. The van der Waals surface area contributed by atoms with Gasteiger partial charge in [-0.2, -0.15) is 18.2 Å². The summed E-state index contributed by atoms with van der Waals surface area (Å²) in [6.45, 7) is 4.13. The zero-order valence-electron chi connectivity index (χ0n) is 16.5. The predicted molar refractivity (Wildman–Crippen MR) is 102 cm³/mol. The molecule has 29 heavy (non-hydrogen) atoms. The molecular formula is C19H27F3N4O3. The summed E-state index contributed by atoms with van der Waals surface area (Å²) < 4.78 is 54.0. The van der Waals surface area contributed by atoms with Gasteiger partial charge in [-0.15, -0.1) is 0 Å². The molecule has 3 atom stereocenters. The van der Waals surface area contributed by atoms with Crippen molar-refractivity contribution < 1.29 is 22.6 Å². The maximum absolute atomic E-state index is 13.8. The first-order chi connectivity index (χ1) is 13.8. The second kappa shape index (κ2) is 8.14. The zero-order valence-corrected chi connectivity index (χ0v) is 16.5. The molecule has 3 aliphatic rings. The third-order valence-electron chi connectivity index (χ3n) is 5.95. The highest BCUT2D eigenvalue weighted by Crippen LogP contribution is 2.35. The van der Waals surface area contributed by atoms with E-state index in [4.69, 9.17) is 9.47 Å². The van der Waals surface area contributed by atoms with E-state index in [9.17, 15) is 18.0 Å². The Bertz CT molecular complexity index is 779. The first-order valence-corrected chi connectivity index (χ1v) is 10.3. The quantitative estimate of drug-likeness (QED) is 0.753. The summed E-state index contributed by atoms with van der Waals surface area (Å²) in [5.74, 6) is 0.503. The van der Waals surface area contributed by atoms with E-state index in [0.29, 0.717) is 38.6 Å². The Morgan fingerprint density at radius 1 is 1.21 bits per heavy atom. The van der Waals surface area contributed by atoms with Gasteiger partial charge in [-0.1, -0.05) is 0 Å². The van der Waals surface area contributed by atoms with Crippen molar-refractivity contribution in [3.8, 4) is 0 Å². The van der Waals surface area contributed by atoms with Crippen molar-refractivity contribution in [1.29, 1.82) is 0 Å². The lowest BCUT2D eigenvalue weighted by atomic mass is 10.1. The molecule has 10 heteroatoms. The van der Waals surface area contributed by atoms with Gasteiger partial charge in [-0.05, 0) is 32.6 Å². The standard InChI is InChI=1S/C19H27F3N4O3/c1-13-12-28-9-7-24(13)16-10-17(27)25-6-5-15(19(20,21)22)26(18(25)23-16)11-14-4-2-3-8-29-14/h10,13-15H,2-9,11-12H2,1H3/t13-,14?,15+/m1/s1. The number of aromatic nitrogens is 2. The van der Waals surface area contributed by atoms with Gasteiger partial charge in [0, 0.05) is 32.3 Å². The van der Waals surface area contributed by atoms with Gasteiger partial charge >= 0.3 is 6.18 Å². The molecule has 7 nitrogen and oxygen atoms in total. The lowest BCUT2D eigenvalue weighted by Gasteiger charge is -2.42. The number of rotatable bonds is 3. The number of hydrogen-bond donors (Lipinski definition) is 0. The second-order valence-corrected chi connectivity index (χ2v) is 8.01. The van der Waals surface area contributed by atoms with E-state index in [1.54, 1.807) is 0 Å². The fourth-order valence-electron chi connectivity index (χ4n) is 4.39. The van der Waals surface area contributed by atoms with E-state index < -0.39 is 12.2 Å². The highest BCUT2D eigenvalue weighted by molar-refractivity contribution is 5.47. The van der Waals surface area contributed by atoms with Crippen molar-refractivity contribution in [3.05, 3.63) is 16.4 Å². The molecule has 3 aliphatic heterocycles. The number of nitrogens with zero attached hydrogens (tertiary/aromatic N) is 4. The van der Waals surface area contributed by atoms with E-state index in [1.807, 2.05) is 11.8 Å². The van der Waals surface area contributed by atoms with Gasteiger partial charge in [-0.3, -0.25) is 9.36 Å². The van der Waals surface area contributed by atoms with E-state index in [-0.39, 0.29) is 43.2 Å². The summed E-state index contributed by atoms with van der Waals surface area (Å²) in [6.07, 6.45) is -2.29. The number of ether oxygens (including phenoxy) is 2. The van der Waals surface area contributed by atoms with Crippen LogP contribution in [0.5, 0.6) is 0 Å². The van der Waals surface area contributed by atoms with E-state index in [1.165, 1.54) is 15.5 Å². The zero-order chi connectivity index (χ0) is 20.6. The van der Waals surface area contributed by atoms with Crippen LogP contribution in [0, 0.1) is 0 Å². The summed E-state index contributed by atoms with van der Waals surface area (Å²) >= 11 is 0. The van der Waals surface area contributed by atoms with E-state index >= 15 is 0 Å². The third-order valence-corrected chi connectivity index (χ3v) is 5.95. The van der Waals surface area contributed by atoms with Crippen molar-refractivity contribution in [2.45, 2.75) is 63.5 Å². The average Bonchev–Trinajstić information content (AvgIpc) is 2.68.